The van der Waals surface area contributed by atoms with Crippen LogP contribution >= 0.6 is 0 Å². The van der Waals surface area contributed by atoms with Gasteiger partial charge in [0.25, 0.3) is 5.91 Å². The fraction of sp³-hybridized carbons (Fsp3) is 0.160. The molecule has 4 aromatic rings. The van der Waals surface area contributed by atoms with Gasteiger partial charge >= 0.3 is 5.97 Å². The monoisotopic (exact) mass is 414 g/mol. The number of benzene rings is 2. The number of esters is 1. The topological polar surface area (TPSA) is 72.6 Å². The molecule has 0 unspecified atom stereocenters. The van der Waals surface area contributed by atoms with E-state index in [1.54, 1.807) is 50.5 Å². The number of carbonyl (C=O) groups is 2. The van der Waals surface area contributed by atoms with Crippen molar-refractivity contribution >= 4 is 22.8 Å². The molecule has 0 saturated heterocycles. The lowest BCUT2D eigenvalue weighted by atomic mass is 10.1. The molecule has 0 aliphatic heterocycles. The Bertz CT molecular complexity index is 1240. The van der Waals surface area contributed by atoms with Gasteiger partial charge in [-0.25, -0.2) is 9.78 Å². The highest BCUT2D eigenvalue weighted by atomic mass is 16.5. The highest BCUT2D eigenvalue weighted by molar-refractivity contribution is 6.05. The molecular formula is C25H22N2O4. The van der Waals surface area contributed by atoms with Crippen molar-refractivity contribution in [2.24, 2.45) is 0 Å². The number of hydrogen-bond donors (Lipinski definition) is 0. The molecule has 1 atom stereocenters. The van der Waals surface area contributed by atoms with Gasteiger partial charge in [0.15, 0.2) is 5.76 Å². The zero-order chi connectivity index (χ0) is 22.0. The molecule has 0 radical (unpaired) electrons. The van der Waals surface area contributed by atoms with Crippen LogP contribution in [0.25, 0.3) is 22.4 Å². The SMILES string of the molecule is Cc1ccc(-c2cc(C(=O)O[C@@H](C(=O)N(C)C)c3ccccc3)c3ccccc3n2)o1. The summed E-state index contributed by atoms with van der Waals surface area (Å²) in [5.41, 5.74) is 2.09. The van der Waals surface area contributed by atoms with E-state index in [9.17, 15) is 9.59 Å². The van der Waals surface area contributed by atoms with Crippen LogP contribution in [0.3, 0.4) is 0 Å². The van der Waals surface area contributed by atoms with E-state index in [0.29, 0.717) is 33.5 Å². The largest absolute Gasteiger partial charge is 0.460 e. The molecule has 0 N–H and O–H groups in total. The lowest BCUT2D eigenvalue weighted by Crippen LogP contribution is -2.31. The standard InChI is InChI=1S/C25H22N2O4/c1-16-13-14-22(30-16)21-15-19(18-11-7-8-12-20(18)26-21)25(29)31-23(24(28)27(2)3)17-9-5-4-6-10-17/h4-15,23H,1-3H3/t23-/m1/s1. The summed E-state index contributed by atoms with van der Waals surface area (Å²) in [4.78, 5) is 32.1. The second kappa shape index (κ2) is 8.44. The number of amides is 1. The Kier molecular flexibility index (Phi) is 5.54. The predicted octanol–water partition coefficient (Wildman–Crippen LogP) is 4.79. The molecule has 0 bridgehead atoms. The molecular weight excluding hydrogens is 392 g/mol. The van der Waals surface area contributed by atoms with Gasteiger partial charge in [0.2, 0.25) is 6.10 Å². The maximum Gasteiger partial charge on any atom is 0.340 e. The maximum absolute atomic E-state index is 13.3. The Morgan fingerprint density at radius 2 is 1.68 bits per heavy atom. The Morgan fingerprint density at radius 1 is 0.968 bits per heavy atom. The average Bonchev–Trinajstić information content (AvgIpc) is 3.23. The molecule has 6 nitrogen and oxygen atoms in total. The predicted molar refractivity (Wildman–Crippen MR) is 117 cm³/mol. The molecule has 0 saturated carbocycles. The minimum absolute atomic E-state index is 0.320. The van der Waals surface area contributed by atoms with E-state index in [-0.39, 0.29) is 5.91 Å². The van der Waals surface area contributed by atoms with Crippen LogP contribution in [0, 0.1) is 6.92 Å². The zero-order valence-electron chi connectivity index (χ0n) is 17.5. The summed E-state index contributed by atoms with van der Waals surface area (Å²) in [5, 5.41) is 0.642. The Labute approximate surface area is 180 Å². The van der Waals surface area contributed by atoms with Crippen molar-refractivity contribution in [3.8, 4) is 11.5 Å². The van der Waals surface area contributed by atoms with Crippen LogP contribution < -0.4 is 0 Å². The molecule has 0 aliphatic carbocycles. The number of pyridine rings is 1. The first-order chi connectivity index (χ1) is 14.9. The van der Waals surface area contributed by atoms with Crippen molar-refractivity contribution in [3.05, 3.63) is 89.7 Å². The lowest BCUT2D eigenvalue weighted by Gasteiger charge is -2.21. The number of ether oxygens (including phenoxy) is 1. The molecule has 156 valence electrons. The van der Waals surface area contributed by atoms with Crippen LogP contribution in [-0.2, 0) is 9.53 Å². The second-order valence-electron chi connectivity index (χ2n) is 7.41. The number of rotatable bonds is 5. The number of hydrogen-bond acceptors (Lipinski definition) is 5. The van der Waals surface area contributed by atoms with E-state index in [0.717, 1.165) is 5.76 Å². The first-order valence-electron chi connectivity index (χ1n) is 9.87. The van der Waals surface area contributed by atoms with Gasteiger partial charge < -0.3 is 14.1 Å². The van der Waals surface area contributed by atoms with Crippen LogP contribution in [0.1, 0.15) is 27.8 Å². The van der Waals surface area contributed by atoms with E-state index >= 15 is 0 Å². The third-order valence-corrected chi connectivity index (χ3v) is 4.92. The number of carbonyl (C=O) groups excluding carboxylic acids is 2. The molecule has 1 amide bonds. The van der Waals surface area contributed by atoms with E-state index in [2.05, 4.69) is 4.98 Å². The summed E-state index contributed by atoms with van der Waals surface area (Å²) >= 11 is 0. The van der Waals surface area contributed by atoms with Crippen LogP contribution in [0.5, 0.6) is 0 Å². The van der Waals surface area contributed by atoms with Gasteiger partial charge in [0.05, 0.1) is 11.1 Å². The van der Waals surface area contributed by atoms with E-state index in [1.165, 1.54) is 4.90 Å². The summed E-state index contributed by atoms with van der Waals surface area (Å²) in [6, 6.07) is 21.6. The maximum atomic E-state index is 13.3. The van der Waals surface area contributed by atoms with Crippen molar-refractivity contribution in [2.45, 2.75) is 13.0 Å². The fourth-order valence-electron chi connectivity index (χ4n) is 3.34. The minimum Gasteiger partial charge on any atom is -0.460 e. The normalized spacial score (nSPS) is 11.8. The first-order valence-corrected chi connectivity index (χ1v) is 9.87. The van der Waals surface area contributed by atoms with Gasteiger partial charge in [-0.05, 0) is 31.2 Å². The van der Waals surface area contributed by atoms with Crippen molar-refractivity contribution in [1.82, 2.24) is 9.88 Å². The molecule has 0 aliphatic rings. The van der Waals surface area contributed by atoms with Gasteiger partial charge in [0, 0.05) is 25.0 Å². The average molecular weight is 414 g/mol. The number of likely N-dealkylation sites (N-methyl/N-ethyl adjacent to an activating group) is 1. The first kappa shape index (κ1) is 20.3. The molecule has 4 rings (SSSR count). The van der Waals surface area contributed by atoms with Crippen molar-refractivity contribution in [3.63, 3.8) is 0 Å². The highest BCUT2D eigenvalue weighted by Gasteiger charge is 2.28. The summed E-state index contributed by atoms with van der Waals surface area (Å²) in [6.45, 7) is 1.84. The number of aryl methyl sites for hydroxylation is 1. The number of para-hydroxylation sites is 1. The molecule has 2 aromatic carbocycles. The smallest absolute Gasteiger partial charge is 0.340 e. The van der Waals surface area contributed by atoms with Gasteiger partial charge in [-0.2, -0.15) is 0 Å². The van der Waals surface area contributed by atoms with Gasteiger partial charge in [-0.1, -0.05) is 48.5 Å². The zero-order valence-corrected chi connectivity index (χ0v) is 17.5. The van der Waals surface area contributed by atoms with Crippen LogP contribution in [0.4, 0.5) is 0 Å². The highest BCUT2D eigenvalue weighted by Crippen LogP contribution is 2.28. The van der Waals surface area contributed by atoms with E-state index < -0.39 is 12.1 Å². The summed E-state index contributed by atoms with van der Waals surface area (Å²) < 4.78 is 11.5. The van der Waals surface area contributed by atoms with Gasteiger partial charge in [0.1, 0.15) is 11.5 Å². The van der Waals surface area contributed by atoms with Crippen molar-refractivity contribution in [1.29, 1.82) is 0 Å². The van der Waals surface area contributed by atoms with Crippen LogP contribution in [-0.4, -0.2) is 35.9 Å². The fourth-order valence-corrected chi connectivity index (χ4v) is 3.34. The Balaban J connectivity index is 1.78. The van der Waals surface area contributed by atoms with Crippen molar-refractivity contribution < 1.29 is 18.7 Å². The minimum atomic E-state index is -1.05. The van der Waals surface area contributed by atoms with Crippen LogP contribution in [0.2, 0.25) is 0 Å². The Hall–Kier alpha value is -3.93. The molecule has 6 heteroatoms. The third-order valence-electron chi connectivity index (χ3n) is 4.92. The van der Waals surface area contributed by atoms with E-state index in [1.807, 2.05) is 43.3 Å². The number of nitrogens with zero attached hydrogens (tertiary/aromatic N) is 2. The number of aromatic nitrogens is 1. The third kappa shape index (κ3) is 4.19. The van der Waals surface area contributed by atoms with Gasteiger partial charge in [-0.15, -0.1) is 0 Å². The Morgan fingerprint density at radius 3 is 2.35 bits per heavy atom. The number of fused-ring (bicyclic) bond motifs is 1. The second-order valence-corrected chi connectivity index (χ2v) is 7.41. The van der Waals surface area contributed by atoms with Crippen LogP contribution in [0.15, 0.2) is 77.2 Å². The number of furan rings is 1. The van der Waals surface area contributed by atoms with Gasteiger partial charge in [-0.3, -0.25) is 4.79 Å². The molecule has 2 aromatic heterocycles. The van der Waals surface area contributed by atoms with E-state index in [4.69, 9.17) is 9.15 Å². The lowest BCUT2D eigenvalue weighted by molar-refractivity contribution is -0.138. The molecule has 0 spiro atoms. The summed E-state index contributed by atoms with van der Waals surface area (Å²) in [7, 11) is 3.26. The molecule has 31 heavy (non-hydrogen) atoms. The van der Waals surface area contributed by atoms with Crippen molar-refractivity contribution in [2.75, 3.05) is 14.1 Å². The summed E-state index contributed by atoms with van der Waals surface area (Å²) in [6.07, 6.45) is -1.05. The molecule has 0 fully saturated rings. The summed E-state index contributed by atoms with van der Waals surface area (Å²) in [5.74, 6) is 0.378. The quantitative estimate of drug-likeness (QED) is 0.439. The molecule has 2 heterocycles.